The van der Waals surface area contributed by atoms with E-state index in [1.807, 2.05) is 6.92 Å². The fraction of sp³-hybridized carbons (Fsp3) is 0.636. The third-order valence-electron chi connectivity index (χ3n) is 2.83. The summed E-state index contributed by atoms with van der Waals surface area (Å²) in [4.78, 5) is 11.8. The van der Waals surface area contributed by atoms with Crippen LogP contribution in [-0.2, 0) is 7.05 Å². The van der Waals surface area contributed by atoms with E-state index in [2.05, 4.69) is 10.4 Å². The van der Waals surface area contributed by atoms with Crippen molar-refractivity contribution in [3.8, 4) is 0 Å². The molecule has 1 unspecified atom stereocenters. The molecule has 1 fully saturated rings. The first-order valence-electron chi connectivity index (χ1n) is 5.51. The third-order valence-corrected chi connectivity index (χ3v) is 3.34. The minimum absolute atomic E-state index is 0.0678. The first-order chi connectivity index (χ1) is 7.58. The smallest absolute Gasteiger partial charge is 0.269 e. The molecule has 88 valence electrons. The van der Waals surface area contributed by atoms with E-state index in [9.17, 15) is 4.79 Å². The summed E-state index contributed by atoms with van der Waals surface area (Å²) < 4.78 is 1.59. The predicted molar refractivity (Wildman–Crippen MR) is 62.6 cm³/mol. The van der Waals surface area contributed by atoms with E-state index in [0.717, 1.165) is 5.69 Å². The minimum Gasteiger partial charge on any atom is -0.349 e. The molecule has 4 nitrogen and oxygen atoms in total. The van der Waals surface area contributed by atoms with Crippen molar-refractivity contribution < 1.29 is 4.79 Å². The summed E-state index contributed by atoms with van der Waals surface area (Å²) in [6.45, 7) is 2.40. The predicted octanol–water partition coefficient (Wildman–Crippen LogP) is 1.48. The Kier molecular flexibility index (Phi) is 3.19. The van der Waals surface area contributed by atoms with Gasteiger partial charge in [-0.2, -0.15) is 5.10 Å². The highest BCUT2D eigenvalue weighted by Crippen LogP contribution is 2.35. The SMILES string of the molecule is Cc1cc(C(=O)NCC(Cl)C2CC2)n(C)n1. The number of hydrogen-bond donors (Lipinski definition) is 1. The third kappa shape index (κ3) is 2.55. The minimum atomic E-state index is -0.102. The molecule has 1 saturated carbocycles. The Morgan fingerprint density at radius 1 is 1.75 bits per heavy atom. The van der Waals surface area contributed by atoms with Crippen LogP contribution in [0.5, 0.6) is 0 Å². The number of carbonyl (C=O) groups is 1. The van der Waals surface area contributed by atoms with Crippen LogP contribution in [0.25, 0.3) is 0 Å². The van der Waals surface area contributed by atoms with E-state index in [1.54, 1.807) is 17.8 Å². The molecule has 2 rings (SSSR count). The fourth-order valence-corrected chi connectivity index (χ4v) is 2.06. The maximum atomic E-state index is 11.8. The molecule has 5 heteroatoms. The Balaban J connectivity index is 1.89. The van der Waals surface area contributed by atoms with Crippen LogP contribution in [0.15, 0.2) is 6.07 Å². The largest absolute Gasteiger partial charge is 0.349 e. The van der Waals surface area contributed by atoms with Gasteiger partial charge in [0.15, 0.2) is 0 Å². The number of rotatable bonds is 4. The number of hydrogen-bond acceptors (Lipinski definition) is 2. The van der Waals surface area contributed by atoms with Crippen molar-refractivity contribution >= 4 is 17.5 Å². The van der Waals surface area contributed by atoms with E-state index in [1.165, 1.54) is 12.8 Å². The van der Waals surface area contributed by atoms with Crippen LogP contribution in [0, 0.1) is 12.8 Å². The zero-order valence-corrected chi connectivity index (χ0v) is 10.3. The van der Waals surface area contributed by atoms with Crippen LogP contribution < -0.4 is 5.32 Å². The summed E-state index contributed by atoms with van der Waals surface area (Å²) in [5.41, 5.74) is 1.43. The zero-order chi connectivity index (χ0) is 11.7. The summed E-state index contributed by atoms with van der Waals surface area (Å²) in [5, 5.41) is 7.04. The van der Waals surface area contributed by atoms with Crippen LogP contribution in [0.1, 0.15) is 29.0 Å². The topological polar surface area (TPSA) is 46.9 Å². The molecule has 1 aliphatic carbocycles. The van der Waals surface area contributed by atoms with Crippen LogP contribution in [-0.4, -0.2) is 27.6 Å². The Hall–Kier alpha value is -1.03. The van der Waals surface area contributed by atoms with Crippen LogP contribution in [0.4, 0.5) is 0 Å². The molecule has 0 bridgehead atoms. The summed E-state index contributed by atoms with van der Waals surface area (Å²) in [6.07, 6.45) is 2.38. The number of alkyl halides is 1. The zero-order valence-electron chi connectivity index (χ0n) is 9.53. The van der Waals surface area contributed by atoms with E-state index in [4.69, 9.17) is 11.6 Å². The van der Waals surface area contributed by atoms with E-state index in [-0.39, 0.29) is 11.3 Å². The lowest BCUT2D eigenvalue weighted by atomic mass is 10.2. The van der Waals surface area contributed by atoms with Gasteiger partial charge in [-0.25, -0.2) is 0 Å². The monoisotopic (exact) mass is 241 g/mol. The van der Waals surface area contributed by atoms with Crippen LogP contribution >= 0.6 is 11.6 Å². The maximum Gasteiger partial charge on any atom is 0.269 e. The van der Waals surface area contributed by atoms with Crippen molar-refractivity contribution in [2.75, 3.05) is 6.54 Å². The molecular weight excluding hydrogens is 226 g/mol. The lowest BCUT2D eigenvalue weighted by Gasteiger charge is -2.09. The Morgan fingerprint density at radius 2 is 2.44 bits per heavy atom. The summed E-state index contributed by atoms with van der Waals surface area (Å²) in [5.74, 6) is 0.490. The first kappa shape index (κ1) is 11.5. The quantitative estimate of drug-likeness (QED) is 0.812. The van der Waals surface area contributed by atoms with Crippen molar-refractivity contribution in [3.63, 3.8) is 0 Å². The Bertz CT molecular complexity index is 398. The first-order valence-corrected chi connectivity index (χ1v) is 5.94. The molecule has 0 spiro atoms. The van der Waals surface area contributed by atoms with Gasteiger partial charge in [0, 0.05) is 13.6 Å². The second kappa shape index (κ2) is 4.45. The molecule has 1 heterocycles. The summed E-state index contributed by atoms with van der Waals surface area (Å²) >= 11 is 6.12. The van der Waals surface area contributed by atoms with Gasteiger partial charge in [-0.3, -0.25) is 9.48 Å². The van der Waals surface area contributed by atoms with Crippen molar-refractivity contribution in [3.05, 3.63) is 17.5 Å². The molecule has 0 radical (unpaired) electrons. The number of nitrogens with one attached hydrogen (secondary N) is 1. The van der Waals surface area contributed by atoms with Crippen molar-refractivity contribution in [2.24, 2.45) is 13.0 Å². The second-order valence-electron chi connectivity index (χ2n) is 4.36. The number of halogens is 1. The Labute approximate surface area is 100.0 Å². The number of amides is 1. The van der Waals surface area contributed by atoms with Crippen molar-refractivity contribution in [1.82, 2.24) is 15.1 Å². The lowest BCUT2D eigenvalue weighted by Crippen LogP contribution is -2.31. The van der Waals surface area contributed by atoms with Gasteiger partial charge in [0.05, 0.1) is 11.1 Å². The highest BCUT2D eigenvalue weighted by Gasteiger charge is 2.29. The molecule has 1 aromatic heterocycles. The molecular formula is C11H16ClN3O. The van der Waals surface area contributed by atoms with E-state index < -0.39 is 0 Å². The molecule has 0 aliphatic heterocycles. The molecule has 16 heavy (non-hydrogen) atoms. The van der Waals surface area contributed by atoms with Gasteiger partial charge in [-0.05, 0) is 31.7 Å². The summed E-state index contributed by atoms with van der Waals surface area (Å²) in [7, 11) is 1.76. The second-order valence-corrected chi connectivity index (χ2v) is 4.92. The molecule has 1 aromatic rings. The normalized spacial score (nSPS) is 17.2. The van der Waals surface area contributed by atoms with Gasteiger partial charge in [0.2, 0.25) is 0 Å². The average molecular weight is 242 g/mol. The van der Waals surface area contributed by atoms with Crippen molar-refractivity contribution in [1.29, 1.82) is 0 Å². The standard InChI is InChI=1S/C11H16ClN3O/c1-7-5-10(15(2)14-7)11(16)13-6-9(12)8-3-4-8/h5,8-9H,3-4,6H2,1-2H3,(H,13,16). The molecule has 1 N–H and O–H groups in total. The molecule has 0 aromatic carbocycles. The van der Waals surface area contributed by atoms with Crippen LogP contribution in [0.2, 0.25) is 0 Å². The highest BCUT2D eigenvalue weighted by molar-refractivity contribution is 6.21. The number of nitrogens with zero attached hydrogens (tertiary/aromatic N) is 2. The molecule has 0 saturated heterocycles. The van der Waals surface area contributed by atoms with Gasteiger partial charge < -0.3 is 5.32 Å². The highest BCUT2D eigenvalue weighted by atomic mass is 35.5. The van der Waals surface area contributed by atoms with E-state index >= 15 is 0 Å². The van der Waals surface area contributed by atoms with Gasteiger partial charge in [-0.15, -0.1) is 11.6 Å². The van der Waals surface area contributed by atoms with Gasteiger partial charge >= 0.3 is 0 Å². The molecule has 1 amide bonds. The average Bonchev–Trinajstić information content (AvgIpc) is 3.01. The maximum absolute atomic E-state index is 11.8. The van der Waals surface area contributed by atoms with Gasteiger partial charge in [0.1, 0.15) is 5.69 Å². The molecule has 1 aliphatic rings. The van der Waals surface area contributed by atoms with Crippen LogP contribution in [0.3, 0.4) is 0 Å². The van der Waals surface area contributed by atoms with Crippen molar-refractivity contribution in [2.45, 2.75) is 25.1 Å². The number of carbonyl (C=O) groups excluding carboxylic acids is 1. The lowest BCUT2D eigenvalue weighted by molar-refractivity contribution is 0.0943. The molecule has 1 atom stereocenters. The van der Waals surface area contributed by atoms with E-state index in [0.29, 0.717) is 18.2 Å². The Morgan fingerprint density at radius 3 is 2.94 bits per heavy atom. The summed E-state index contributed by atoms with van der Waals surface area (Å²) in [6, 6.07) is 1.77. The van der Waals surface area contributed by atoms with Gasteiger partial charge in [-0.1, -0.05) is 0 Å². The number of aromatic nitrogens is 2. The number of aryl methyl sites for hydroxylation is 2. The fourth-order valence-electron chi connectivity index (χ4n) is 1.73. The van der Waals surface area contributed by atoms with Gasteiger partial charge in [0.25, 0.3) is 5.91 Å².